The van der Waals surface area contributed by atoms with E-state index >= 15 is 0 Å². The molecule has 0 spiro atoms. The number of carbonyl (C=O) groups is 1. The van der Waals surface area contributed by atoms with E-state index in [0.29, 0.717) is 0 Å². The minimum Gasteiger partial charge on any atom is -0.395 e. The highest BCUT2D eigenvalue weighted by atomic mass is 16.3. The fourth-order valence-corrected chi connectivity index (χ4v) is 1.53. The van der Waals surface area contributed by atoms with Crippen molar-refractivity contribution < 1.29 is 9.90 Å². The lowest BCUT2D eigenvalue weighted by atomic mass is 9.87. The van der Waals surface area contributed by atoms with Gasteiger partial charge in [-0.2, -0.15) is 0 Å². The topological polar surface area (TPSA) is 63.3 Å². The summed E-state index contributed by atoms with van der Waals surface area (Å²) in [6, 6.07) is 0. The Labute approximate surface area is 60.2 Å². The molecule has 3 heteroatoms. The predicted molar refractivity (Wildman–Crippen MR) is 37.2 cm³/mol. The van der Waals surface area contributed by atoms with Crippen molar-refractivity contribution in [3.05, 3.63) is 0 Å². The van der Waals surface area contributed by atoms with Gasteiger partial charge in [-0.05, 0) is 12.8 Å². The van der Waals surface area contributed by atoms with Crippen LogP contribution in [-0.4, -0.2) is 17.6 Å². The molecule has 1 fully saturated rings. The van der Waals surface area contributed by atoms with Crippen molar-refractivity contribution in [1.82, 2.24) is 0 Å². The van der Waals surface area contributed by atoms with Crippen molar-refractivity contribution in [3.63, 3.8) is 0 Å². The number of carbonyl (C=O) groups excluding carboxylic acids is 1. The Kier molecular flexibility index (Phi) is 1.94. The average Bonchev–Trinajstić information content (AvgIpc) is 2.35. The fraction of sp³-hybridized carbons (Fsp3) is 0.857. The normalized spacial score (nSPS) is 22.9. The molecule has 1 aliphatic rings. The second-order valence-corrected chi connectivity index (χ2v) is 3.01. The molecule has 0 aliphatic heterocycles. The Balaban J connectivity index is 2.67. The van der Waals surface area contributed by atoms with Crippen LogP contribution in [0.4, 0.5) is 0 Å². The van der Waals surface area contributed by atoms with Crippen molar-refractivity contribution in [2.75, 3.05) is 6.61 Å². The molecule has 1 saturated carbocycles. The monoisotopic (exact) mass is 143 g/mol. The molecule has 0 heterocycles. The first kappa shape index (κ1) is 7.54. The molecule has 1 amide bonds. The standard InChI is InChI=1S/C7H13NO2/c8-6(10)7(5-9)3-1-2-4-7/h9H,1-5H2,(H2,8,10). The number of primary amides is 1. The summed E-state index contributed by atoms with van der Waals surface area (Å²) in [5.74, 6) is -0.340. The van der Waals surface area contributed by atoms with E-state index in [4.69, 9.17) is 10.8 Å². The van der Waals surface area contributed by atoms with Gasteiger partial charge in [0.05, 0.1) is 12.0 Å². The molecule has 0 unspecified atom stereocenters. The van der Waals surface area contributed by atoms with Crippen LogP contribution in [-0.2, 0) is 4.79 Å². The van der Waals surface area contributed by atoms with Crippen molar-refractivity contribution in [2.45, 2.75) is 25.7 Å². The van der Waals surface area contributed by atoms with Gasteiger partial charge < -0.3 is 10.8 Å². The number of hydrogen-bond acceptors (Lipinski definition) is 2. The number of rotatable bonds is 2. The summed E-state index contributed by atoms with van der Waals surface area (Å²) in [6.45, 7) is -0.0810. The van der Waals surface area contributed by atoms with Crippen molar-refractivity contribution in [1.29, 1.82) is 0 Å². The summed E-state index contributed by atoms with van der Waals surface area (Å²) in [4.78, 5) is 10.8. The summed E-state index contributed by atoms with van der Waals surface area (Å²) in [7, 11) is 0. The number of aliphatic hydroxyl groups is 1. The van der Waals surface area contributed by atoms with E-state index < -0.39 is 5.41 Å². The summed E-state index contributed by atoms with van der Waals surface area (Å²) in [5.41, 5.74) is 4.57. The van der Waals surface area contributed by atoms with E-state index in [1.165, 1.54) is 0 Å². The molecule has 0 aromatic carbocycles. The van der Waals surface area contributed by atoms with Gasteiger partial charge in [0.15, 0.2) is 0 Å². The van der Waals surface area contributed by atoms with Crippen LogP contribution < -0.4 is 5.73 Å². The third-order valence-electron chi connectivity index (χ3n) is 2.39. The van der Waals surface area contributed by atoms with Gasteiger partial charge >= 0.3 is 0 Å². The molecule has 0 radical (unpaired) electrons. The van der Waals surface area contributed by atoms with E-state index in [1.807, 2.05) is 0 Å². The summed E-state index contributed by atoms with van der Waals surface area (Å²) in [5, 5.41) is 8.89. The lowest BCUT2D eigenvalue weighted by Gasteiger charge is -2.20. The zero-order valence-electron chi connectivity index (χ0n) is 5.97. The molecule has 0 bridgehead atoms. The molecule has 3 nitrogen and oxygen atoms in total. The Morgan fingerprint density at radius 3 is 2.20 bits per heavy atom. The number of amides is 1. The highest BCUT2D eigenvalue weighted by molar-refractivity contribution is 5.81. The first-order chi connectivity index (χ1) is 4.71. The molecule has 0 aromatic heterocycles. The van der Waals surface area contributed by atoms with Gasteiger partial charge in [-0.15, -0.1) is 0 Å². The highest BCUT2D eigenvalue weighted by Gasteiger charge is 2.38. The number of hydrogen-bond donors (Lipinski definition) is 2. The van der Waals surface area contributed by atoms with E-state index in [1.54, 1.807) is 0 Å². The molecule has 0 saturated heterocycles. The molecule has 1 aliphatic carbocycles. The molecule has 1 rings (SSSR count). The van der Waals surface area contributed by atoms with Crippen LogP contribution in [0.1, 0.15) is 25.7 Å². The second kappa shape index (κ2) is 2.58. The van der Waals surface area contributed by atoms with E-state index in [0.717, 1.165) is 25.7 Å². The lowest BCUT2D eigenvalue weighted by Crippen LogP contribution is -2.37. The molecule has 10 heavy (non-hydrogen) atoms. The molecular formula is C7H13NO2. The maximum Gasteiger partial charge on any atom is 0.225 e. The second-order valence-electron chi connectivity index (χ2n) is 3.01. The summed E-state index contributed by atoms with van der Waals surface area (Å²) in [6.07, 6.45) is 3.56. The van der Waals surface area contributed by atoms with E-state index in [-0.39, 0.29) is 12.5 Å². The maximum absolute atomic E-state index is 10.8. The Morgan fingerprint density at radius 2 is 2.00 bits per heavy atom. The SMILES string of the molecule is NC(=O)C1(CO)CCCC1. The first-order valence-corrected chi connectivity index (χ1v) is 3.62. The van der Waals surface area contributed by atoms with Crippen LogP contribution in [0.3, 0.4) is 0 Å². The first-order valence-electron chi connectivity index (χ1n) is 3.62. The Hall–Kier alpha value is -0.570. The van der Waals surface area contributed by atoms with E-state index in [9.17, 15) is 4.79 Å². The molecule has 58 valence electrons. The number of aliphatic hydroxyl groups excluding tert-OH is 1. The van der Waals surface area contributed by atoms with Gasteiger partial charge in [0, 0.05) is 0 Å². The zero-order valence-corrected chi connectivity index (χ0v) is 5.97. The van der Waals surface area contributed by atoms with E-state index in [2.05, 4.69) is 0 Å². The zero-order chi connectivity index (χ0) is 7.61. The largest absolute Gasteiger partial charge is 0.395 e. The van der Waals surface area contributed by atoms with Gasteiger partial charge in [-0.25, -0.2) is 0 Å². The molecule has 0 aromatic rings. The van der Waals surface area contributed by atoms with Gasteiger partial charge in [-0.1, -0.05) is 12.8 Å². The molecular weight excluding hydrogens is 130 g/mol. The van der Waals surface area contributed by atoms with Crippen LogP contribution in [0.5, 0.6) is 0 Å². The van der Waals surface area contributed by atoms with Crippen LogP contribution in [0.2, 0.25) is 0 Å². The van der Waals surface area contributed by atoms with Gasteiger partial charge in [0.2, 0.25) is 5.91 Å². The highest BCUT2D eigenvalue weighted by Crippen LogP contribution is 2.36. The van der Waals surface area contributed by atoms with Gasteiger partial charge in [-0.3, -0.25) is 4.79 Å². The minimum atomic E-state index is -0.569. The summed E-state index contributed by atoms with van der Waals surface area (Å²) < 4.78 is 0. The summed E-state index contributed by atoms with van der Waals surface area (Å²) >= 11 is 0. The predicted octanol–water partition coefficient (Wildman–Crippen LogP) is 0.0244. The van der Waals surface area contributed by atoms with Crippen LogP contribution in [0, 0.1) is 5.41 Å². The molecule has 3 N–H and O–H groups in total. The van der Waals surface area contributed by atoms with Crippen molar-refractivity contribution in [3.8, 4) is 0 Å². The fourth-order valence-electron chi connectivity index (χ4n) is 1.53. The van der Waals surface area contributed by atoms with Crippen LogP contribution >= 0.6 is 0 Å². The van der Waals surface area contributed by atoms with Crippen molar-refractivity contribution in [2.24, 2.45) is 11.1 Å². The Morgan fingerprint density at radius 1 is 1.50 bits per heavy atom. The number of nitrogens with two attached hydrogens (primary N) is 1. The minimum absolute atomic E-state index is 0.0810. The Bertz CT molecular complexity index is 139. The van der Waals surface area contributed by atoms with Crippen molar-refractivity contribution >= 4 is 5.91 Å². The van der Waals surface area contributed by atoms with Crippen LogP contribution in [0.25, 0.3) is 0 Å². The van der Waals surface area contributed by atoms with Gasteiger partial charge in [0.1, 0.15) is 0 Å². The smallest absolute Gasteiger partial charge is 0.225 e. The molecule has 0 atom stereocenters. The quantitative estimate of drug-likeness (QED) is 0.572. The maximum atomic E-state index is 10.8. The van der Waals surface area contributed by atoms with Gasteiger partial charge in [0.25, 0.3) is 0 Å². The third kappa shape index (κ3) is 1.01. The third-order valence-corrected chi connectivity index (χ3v) is 2.39. The van der Waals surface area contributed by atoms with Crippen LogP contribution in [0.15, 0.2) is 0 Å². The lowest BCUT2D eigenvalue weighted by molar-refractivity contribution is -0.129. The average molecular weight is 143 g/mol.